The lowest BCUT2D eigenvalue weighted by atomic mass is 10.0. The fourth-order valence-electron chi connectivity index (χ4n) is 2.12. The number of benzene rings is 1. The van der Waals surface area contributed by atoms with Crippen LogP contribution in [-0.2, 0) is 4.79 Å². The number of nitrogens with zero attached hydrogens (tertiary/aromatic N) is 1. The number of rotatable bonds is 2. The van der Waals surface area contributed by atoms with Crippen molar-refractivity contribution in [1.29, 1.82) is 0 Å². The van der Waals surface area contributed by atoms with Crippen LogP contribution in [0.5, 0.6) is 0 Å². The highest BCUT2D eigenvalue weighted by Crippen LogP contribution is 2.40. The van der Waals surface area contributed by atoms with Gasteiger partial charge in [-0.05, 0) is 17.7 Å². The second-order valence-corrected chi connectivity index (χ2v) is 5.62. The minimum atomic E-state index is 0.0597. The van der Waals surface area contributed by atoms with Crippen LogP contribution in [0, 0.1) is 0 Å². The number of fused-ring (bicyclic) bond motifs is 1. The molecule has 0 amide bonds. The summed E-state index contributed by atoms with van der Waals surface area (Å²) in [5.74, 6) is 0.406. The van der Waals surface area contributed by atoms with Gasteiger partial charge in [0.1, 0.15) is 5.37 Å². The maximum atomic E-state index is 11.3. The summed E-state index contributed by atoms with van der Waals surface area (Å²) in [6, 6.07) is 10.4. The average molecular weight is 255 g/mol. The predicted molar refractivity (Wildman–Crippen MR) is 75.9 cm³/mol. The summed E-state index contributed by atoms with van der Waals surface area (Å²) >= 11 is 1.69. The molecule has 3 heteroatoms. The van der Waals surface area contributed by atoms with Crippen LogP contribution in [0.25, 0.3) is 0 Å². The van der Waals surface area contributed by atoms with E-state index in [-0.39, 0.29) is 11.2 Å². The Morgan fingerprint density at radius 3 is 2.78 bits per heavy atom. The second kappa shape index (κ2) is 4.58. The molecule has 2 nitrogen and oxygen atoms in total. The molecule has 0 bridgehead atoms. The van der Waals surface area contributed by atoms with Gasteiger partial charge in [0.15, 0.2) is 5.78 Å². The van der Waals surface area contributed by atoms with Crippen molar-refractivity contribution < 1.29 is 4.79 Å². The molecule has 0 saturated heterocycles. The molecule has 0 fully saturated rings. The zero-order chi connectivity index (χ0) is 12.5. The zero-order valence-electron chi connectivity index (χ0n) is 10.0. The fourth-order valence-corrected chi connectivity index (χ4v) is 3.34. The summed E-state index contributed by atoms with van der Waals surface area (Å²) in [4.78, 5) is 17.0. The largest absolute Gasteiger partial charge is 0.290 e. The number of ketones is 1. The SMILES string of the molecule is CC(c1ccccc1)C1N=C2C=CC(=O)C=C2S1. The normalized spacial score (nSPS) is 23.4. The number of thioether (sulfide) groups is 1. The minimum Gasteiger partial charge on any atom is -0.290 e. The number of hydrogen-bond donors (Lipinski definition) is 0. The van der Waals surface area contributed by atoms with Crippen molar-refractivity contribution in [3.05, 3.63) is 59.0 Å². The van der Waals surface area contributed by atoms with Gasteiger partial charge in [-0.2, -0.15) is 0 Å². The summed E-state index contributed by atoms with van der Waals surface area (Å²) < 4.78 is 0. The monoisotopic (exact) mass is 255 g/mol. The van der Waals surface area contributed by atoms with Crippen molar-refractivity contribution in [3.63, 3.8) is 0 Å². The standard InChI is InChI=1S/C15H13NOS/c1-10(11-5-3-2-4-6-11)15-16-13-8-7-12(17)9-14(13)18-15/h2-10,15H,1H3. The van der Waals surface area contributed by atoms with E-state index in [1.807, 2.05) is 24.3 Å². The lowest BCUT2D eigenvalue weighted by Crippen LogP contribution is -2.07. The predicted octanol–water partition coefficient (Wildman–Crippen LogP) is 3.33. The number of allylic oxidation sites excluding steroid dienone is 4. The highest BCUT2D eigenvalue weighted by atomic mass is 32.2. The fraction of sp³-hybridized carbons (Fsp3) is 0.200. The number of aliphatic imine (C=N–C) groups is 1. The van der Waals surface area contributed by atoms with Crippen molar-refractivity contribution in [2.24, 2.45) is 4.99 Å². The van der Waals surface area contributed by atoms with E-state index in [2.05, 4.69) is 19.1 Å². The molecule has 2 unspecified atom stereocenters. The first-order valence-corrected chi connectivity index (χ1v) is 6.85. The van der Waals surface area contributed by atoms with E-state index in [4.69, 9.17) is 4.99 Å². The van der Waals surface area contributed by atoms with E-state index >= 15 is 0 Å². The molecule has 3 rings (SSSR count). The summed E-state index contributed by atoms with van der Waals surface area (Å²) in [5, 5.41) is 0.171. The van der Waals surface area contributed by atoms with Crippen molar-refractivity contribution in [1.82, 2.24) is 0 Å². The Morgan fingerprint density at radius 2 is 2.00 bits per heavy atom. The first kappa shape index (κ1) is 11.5. The zero-order valence-corrected chi connectivity index (χ0v) is 10.9. The number of hydrogen-bond acceptors (Lipinski definition) is 3. The second-order valence-electron chi connectivity index (χ2n) is 4.47. The number of carbonyl (C=O) groups is 1. The van der Waals surface area contributed by atoms with Gasteiger partial charge in [-0.15, -0.1) is 0 Å². The van der Waals surface area contributed by atoms with E-state index in [1.54, 1.807) is 23.9 Å². The third-order valence-corrected chi connectivity index (χ3v) is 4.53. The highest BCUT2D eigenvalue weighted by molar-refractivity contribution is 8.05. The van der Waals surface area contributed by atoms with Crippen LogP contribution in [-0.4, -0.2) is 16.9 Å². The van der Waals surface area contributed by atoms with Crippen molar-refractivity contribution in [2.75, 3.05) is 0 Å². The van der Waals surface area contributed by atoms with Gasteiger partial charge >= 0.3 is 0 Å². The van der Waals surface area contributed by atoms with E-state index in [9.17, 15) is 4.79 Å². The van der Waals surface area contributed by atoms with Crippen LogP contribution in [0.4, 0.5) is 0 Å². The Kier molecular flexibility index (Phi) is 2.92. The van der Waals surface area contributed by atoms with Crippen LogP contribution in [0.15, 0.2) is 58.5 Å². The van der Waals surface area contributed by atoms with E-state index in [0.717, 1.165) is 10.6 Å². The Morgan fingerprint density at radius 1 is 1.22 bits per heavy atom. The van der Waals surface area contributed by atoms with Crippen LogP contribution in [0.1, 0.15) is 18.4 Å². The Labute approximate surface area is 111 Å². The molecule has 1 heterocycles. The van der Waals surface area contributed by atoms with Gasteiger partial charge < -0.3 is 0 Å². The van der Waals surface area contributed by atoms with Gasteiger partial charge in [0.2, 0.25) is 0 Å². The minimum absolute atomic E-state index is 0.0597. The van der Waals surface area contributed by atoms with Gasteiger partial charge in [0.25, 0.3) is 0 Å². The summed E-state index contributed by atoms with van der Waals surface area (Å²) in [5.41, 5.74) is 2.24. The quantitative estimate of drug-likeness (QED) is 0.759. The molecule has 18 heavy (non-hydrogen) atoms. The summed E-state index contributed by atoms with van der Waals surface area (Å²) in [6.07, 6.45) is 5.09. The maximum absolute atomic E-state index is 11.3. The Balaban J connectivity index is 1.85. The molecule has 0 N–H and O–H groups in total. The molecule has 90 valence electrons. The molecule has 1 aliphatic carbocycles. The molecule has 2 aliphatic rings. The van der Waals surface area contributed by atoms with E-state index in [1.165, 1.54) is 5.56 Å². The molecule has 1 aromatic rings. The molecule has 1 aliphatic heterocycles. The molecular weight excluding hydrogens is 242 g/mol. The van der Waals surface area contributed by atoms with Gasteiger partial charge in [-0.3, -0.25) is 9.79 Å². The third-order valence-electron chi connectivity index (χ3n) is 3.20. The van der Waals surface area contributed by atoms with Crippen molar-refractivity contribution in [2.45, 2.75) is 18.2 Å². The van der Waals surface area contributed by atoms with Gasteiger partial charge in [-0.25, -0.2) is 0 Å². The van der Waals surface area contributed by atoms with Crippen LogP contribution in [0.2, 0.25) is 0 Å². The topological polar surface area (TPSA) is 29.4 Å². The lowest BCUT2D eigenvalue weighted by Gasteiger charge is -2.16. The van der Waals surface area contributed by atoms with E-state index < -0.39 is 0 Å². The number of carbonyl (C=O) groups excluding carboxylic acids is 1. The van der Waals surface area contributed by atoms with Crippen molar-refractivity contribution in [3.8, 4) is 0 Å². The smallest absolute Gasteiger partial charge is 0.179 e. The Bertz CT molecular complexity index is 571. The molecular formula is C15H13NOS. The van der Waals surface area contributed by atoms with Crippen LogP contribution in [0.3, 0.4) is 0 Å². The third kappa shape index (κ3) is 2.06. The van der Waals surface area contributed by atoms with Gasteiger partial charge in [-0.1, -0.05) is 49.0 Å². The molecule has 1 aromatic carbocycles. The highest BCUT2D eigenvalue weighted by Gasteiger charge is 2.29. The molecule has 0 spiro atoms. The maximum Gasteiger partial charge on any atom is 0.179 e. The molecule has 2 atom stereocenters. The molecule has 0 radical (unpaired) electrons. The van der Waals surface area contributed by atoms with Gasteiger partial charge in [0.05, 0.1) is 5.71 Å². The summed E-state index contributed by atoms with van der Waals surface area (Å²) in [7, 11) is 0. The summed E-state index contributed by atoms with van der Waals surface area (Å²) in [6.45, 7) is 2.18. The van der Waals surface area contributed by atoms with E-state index in [0.29, 0.717) is 5.92 Å². The van der Waals surface area contributed by atoms with Crippen LogP contribution < -0.4 is 0 Å². The van der Waals surface area contributed by atoms with Gasteiger partial charge in [0, 0.05) is 16.9 Å². The molecule has 0 saturated carbocycles. The average Bonchev–Trinajstić information content (AvgIpc) is 2.81. The molecule has 0 aromatic heterocycles. The Hall–Kier alpha value is -1.61. The van der Waals surface area contributed by atoms with Crippen molar-refractivity contribution >= 4 is 23.3 Å². The first-order valence-electron chi connectivity index (χ1n) is 5.97. The lowest BCUT2D eigenvalue weighted by molar-refractivity contribution is -0.110. The first-order chi connectivity index (χ1) is 8.74. The van der Waals surface area contributed by atoms with Crippen LogP contribution >= 0.6 is 11.8 Å².